The van der Waals surface area contributed by atoms with Crippen LogP contribution in [-0.4, -0.2) is 22.6 Å². The van der Waals surface area contributed by atoms with Crippen molar-refractivity contribution in [3.8, 4) is 17.0 Å². The Morgan fingerprint density at radius 1 is 1.13 bits per heavy atom. The van der Waals surface area contributed by atoms with Gasteiger partial charge in [-0.2, -0.15) is 13.2 Å². The van der Waals surface area contributed by atoms with E-state index in [0.717, 1.165) is 33.9 Å². The summed E-state index contributed by atoms with van der Waals surface area (Å²) >= 11 is 0. The van der Waals surface area contributed by atoms with Crippen molar-refractivity contribution in [3.63, 3.8) is 0 Å². The summed E-state index contributed by atoms with van der Waals surface area (Å²) in [4.78, 5) is 28.9. The number of benzene rings is 2. The summed E-state index contributed by atoms with van der Waals surface area (Å²) in [7, 11) is 1.27. The number of carbonyl (C=O) groups excluding carboxylic acids is 1. The maximum Gasteiger partial charge on any atom is 0.416 e. The van der Waals surface area contributed by atoms with E-state index in [4.69, 9.17) is 4.74 Å². The second kappa shape index (κ2) is 8.40. The second-order valence-corrected chi connectivity index (χ2v) is 6.57. The van der Waals surface area contributed by atoms with E-state index in [1.165, 1.54) is 19.5 Å². The van der Waals surface area contributed by atoms with Crippen LogP contribution in [0.25, 0.3) is 11.3 Å². The second-order valence-electron chi connectivity index (χ2n) is 6.57. The van der Waals surface area contributed by atoms with Crippen molar-refractivity contribution >= 4 is 11.6 Å². The third kappa shape index (κ3) is 4.86. The number of nitrogens with one attached hydrogen (secondary N) is 1. The Morgan fingerprint density at radius 2 is 1.83 bits per heavy atom. The molecule has 0 saturated carbocycles. The van der Waals surface area contributed by atoms with E-state index < -0.39 is 29.8 Å². The van der Waals surface area contributed by atoms with Crippen molar-refractivity contribution in [2.24, 2.45) is 0 Å². The maximum absolute atomic E-state index is 12.9. The normalized spacial score (nSPS) is 11.2. The number of amides is 1. The van der Waals surface area contributed by atoms with Crippen molar-refractivity contribution in [1.82, 2.24) is 9.55 Å². The molecule has 0 radical (unpaired) electrons. The molecule has 0 spiro atoms. The van der Waals surface area contributed by atoms with Crippen LogP contribution in [0.4, 0.5) is 18.9 Å². The van der Waals surface area contributed by atoms with Crippen LogP contribution in [0, 0.1) is 6.92 Å². The first-order valence-corrected chi connectivity index (χ1v) is 8.86. The minimum absolute atomic E-state index is 0.0662. The molecule has 0 bridgehead atoms. The molecule has 3 aromatic rings. The van der Waals surface area contributed by atoms with E-state index >= 15 is 0 Å². The van der Waals surface area contributed by atoms with Crippen LogP contribution in [0.1, 0.15) is 11.1 Å². The van der Waals surface area contributed by atoms with E-state index in [-0.39, 0.29) is 11.4 Å². The molecule has 6 nitrogen and oxygen atoms in total. The van der Waals surface area contributed by atoms with Crippen LogP contribution in [0.15, 0.2) is 59.7 Å². The van der Waals surface area contributed by atoms with Gasteiger partial charge in [-0.1, -0.05) is 29.8 Å². The number of halogens is 3. The number of nitrogens with zero attached hydrogens (tertiary/aromatic N) is 2. The molecule has 9 heteroatoms. The zero-order valence-corrected chi connectivity index (χ0v) is 16.2. The lowest BCUT2D eigenvalue weighted by Crippen LogP contribution is -2.27. The monoisotopic (exact) mass is 417 g/mol. The maximum atomic E-state index is 12.9. The number of alkyl halides is 3. The summed E-state index contributed by atoms with van der Waals surface area (Å²) in [5.74, 6) is -0.629. The minimum Gasteiger partial charge on any atom is -0.495 e. The Labute approximate surface area is 170 Å². The van der Waals surface area contributed by atoms with Gasteiger partial charge in [0.1, 0.15) is 12.3 Å². The predicted octanol–water partition coefficient (Wildman–Crippen LogP) is 3.88. The Balaban J connectivity index is 1.78. The Kier molecular flexibility index (Phi) is 5.91. The van der Waals surface area contributed by atoms with Gasteiger partial charge >= 0.3 is 6.18 Å². The number of methoxy groups -OCH3 is 1. The molecule has 3 rings (SSSR count). The van der Waals surface area contributed by atoms with E-state index in [1.807, 2.05) is 31.2 Å². The van der Waals surface area contributed by atoms with E-state index in [9.17, 15) is 22.8 Å². The third-order valence-electron chi connectivity index (χ3n) is 4.34. The molecule has 1 N–H and O–H groups in total. The van der Waals surface area contributed by atoms with Crippen LogP contribution in [0.5, 0.6) is 5.75 Å². The fourth-order valence-corrected chi connectivity index (χ4v) is 2.75. The fourth-order valence-electron chi connectivity index (χ4n) is 2.75. The van der Waals surface area contributed by atoms with E-state index in [1.54, 1.807) is 0 Å². The summed E-state index contributed by atoms with van der Waals surface area (Å²) in [6, 6.07) is 11.5. The van der Waals surface area contributed by atoms with E-state index in [2.05, 4.69) is 10.3 Å². The molecule has 1 heterocycles. The summed E-state index contributed by atoms with van der Waals surface area (Å²) < 4.78 is 44.9. The van der Waals surface area contributed by atoms with Gasteiger partial charge in [0, 0.05) is 11.6 Å². The first-order chi connectivity index (χ1) is 14.2. The smallest absolute Gasteiger partial charge is 0.416 e. The topological polar surface area (TPSA) is 73.2 Å². The van der Waals surface area contributed by atoms with Crippen molar-refractivity contribution < 1.29 is 22.7 Å². The van der Waals surface area contributed by atoms with Crippen LogP contribution >= 0.6 is 0 Å². The van der Waals surface area contributed by atoms with Gasteiger partial charge in [-0.25, -0.2) is 4.98 Å². The fraction of sp³-hybridized carbons (Fsp3) is 0.190. The molecule has 0 saturated heterocycles. The van der Waals surface area contributed by atoms with Gasteiger partial charge in [-0.3, -0.25) is 14.2 Å². The highest BCUT2D eigenvalue weighted by molar-refractivity contribution is 5.92. The number of anilines is 1. The zero-order chi connectivity index (χ0) is 21.9. The SMILES string of the molecule is COc1ccc(C(F)(F)F)cc1NC(=O)Cn1cnc(-c2ccc(C)cc2)cc1=O. The molecule has 156 valence electrons. The number of aromatic nitrogens is 2. The van der Waals surface area contributed by atoms with Gasteiger partial charge in [0.25, 0.3) is 5.56 Å². The lowest BCUT2D eigenvalue weighted by Gasteiger charge is -2.14. The molecule has 0 aliphatic rings. The third-order valence-corrected chi connectivity index (χ3v) is 4.34. The highest BCUT2D eigenvalue weighted by Crippen LogP contribution is 2.34. The summed E-state index contributed by atoms with van der Waals surface area (Å²) in [5, 5.41) is 2.35. The zero-order valence-electron chi connectivity index (χ0n) is 16.2. The van der Waals surface area contributed by atoms with Crippen molar-refractivity contribution in [3.05, 3.63) is 76.3 Å². The van der Waals surface area contributed by atoms with Gasteiger partial charge in [0.2, 0.25) is 5.91 Å². The van der Waals surface area contributed by atoms with E-state index in [0.29, 0.717) is 5.69 Å². The highest BCUT2D eigenvalue weighted by Gasteiger charge is 2.31. The molecule has 1 aromatic heterocycles. The van der Waals surface area contributed by atoms with Crippen molar-refractivity contribution in [1.29, 1.82) is 0 Å². The first-order valence-electron chi connectivity index (χ1n) is 8.86. The number of hydrogen-bond acceptors (Lipinski definition) is 4. The molecular formula is C21H18F3N3O3. The Hall–Kier alpha value is -3.62. The standard InChI is InChI=1S/C21H18F3N3O3/c1-13-3-5-14(6-4-13)16-10-20(29)27(12-25-16)11-19(28)26-17-9-15(21(22,23)24)7-8-18(17)30-2/h3-10,12H,11H2,1-2H3,(H,26,28). The average molecular weight is 417 g/mol. The molecule has 0 aliphatic heterocycles. The first kappa shape index (κ1) is 21.1. The van der Waals surface area contributed by atoms with Gasteiger partial charge in [0.05, 0.1) is 30.4 Å². The average Bonchev–Trinajstić information content (AvgIpc) is 2.69. The van der Waals surface area contributed by atoms with Gasteiger partial charge < -0.3 is 10.1 Å². The van der Waals surface area contributed by atoms with Gasteiger partial charge in [0.15, 0.2) is 0 Å². The van der Waals surface area contributed by atoms with Crippen LogP contribution < -0.4 is 15.6 Å². The predicted molar refractivity (Wildman–Crippen MR) is 105 cm³/mol. The van der Waals surface area contributed by atoms with Crippen molar-refractivity contribution in [2.75, 3.05) is 12.4 Å². The number of aryl methyl sites for hydroxylation is 1. The summed E-state index contributed by atoms with van der Waals surface area (Å²) in [6.45, 7) is 1.52. The van der Waals surface area contributed by atoms with Gasteiger partial charge in [-0.05, 0) is 25.1 Å². The van der Waals surface area contributed by atoms with Crippen LogP contribution in [0.2, 0.25) is 0 Å². The number of hydrogen-bond donors (Lipinski definition) is 1. The largest absolute Gasteiger partial charge is 0.495 e. The quantitative estimate of drug-likeness (QED) is 0.684. The number of carbonyl (C=O) groups is 1. The molecule has 0 aliphatic carbocycles. The number of ether oxygens (including phenoxy) is 1. The van der Waals surface area contributed by atoms with Gasteiger partial charge in [-0.15, -0.1) is 0 Å². The van der Waals surface area contributed by atoms with Crippen LogP contribution in [0.3, 0.4) is 0 Å². The molecule has 0 unspecified atom stereocenters. The Morgan fingerprint density at radius 3 is 2.43 bits per heavy atom. The summed E-state index contributed by atoms with van der Waals surface area (Å²) in [5.41, 5.74) is 0.731. The number of rotatable bonds is 5. The molecule has 0 atom stereocenters. The lowest BCUT2D eigenvalue weighted by atomic mass is 10.1. The molecule has 2 aromatic carbocycles. The molecular weight excluding hydrogens is 399 g/mol. The Bertz CT molecular complexity index is 1120. The minimum atomic E-state index is -4.57. The highest BCUT2D eigenvalue weighted by atomic mass is 19.4. The molecule has 0 fully saturated rings. The molecule has 1 amide bonds. The molecule has 30 heavy (non-hydrogen) atoms. The van der Waals surface area contributed by atoms with Crippen LogP contribution in [-0.2, 0) is 17.5 Å². The van der Waals surface area contributed by atoms with Crippen molar-refractivity contribution in [2.45, 2.75) is 19.6 Å². The summed E-state index contributed by atoms with van der Waals surface area (Å²) in [6.07, 6.45) is -3.35. The lowest BCUT2D eigenvalue weighted by molar-refractivity contribution is -0.137.